The Labute approximate surface area is 185 Å². The molecule has 4 rings (SSSR count). The van der Waals surface area contributed by atoms with Crippen LogP contribution in [0.2, 0.25) is 0 Å². The van der Waals surface area contributed by atoms with Crippen LogP contribution in [0.15, 0.2) is 24.5 Å². The molecule has 1 aliphatic rings. The van der Waals surface area contributed by atoms with Gasteiger partial charge in [-0.2, -0.15) is 10.1 Å². The Hall–Kier alpha value is -3.55. The summed E-state index contributed by atoms with van der Waals surface area (Å²) >= 11 is 0. The highest BCUT2D eigenvalue weighted by Gasteiger charge is 2.42. The highest BCUT2D eigenvalue weighted by molar-refractivity contribution is 5.67. The number of aromatic nitrogens is 5. The number of rotatable bonds is 8. The molecule has 3 N–H and O–H groups in total. The van der Waals surface area contributed by atoms with E-state index in [9.17, 15) is 18.0 Å². The van der Waals surface area contributed by atoms with Gasteiger partial charge in [-0.05, 0) is 19.9 Å². The molecule has 14 heteroatoms. The van der Waals surface area contributed by atoms with Crippen molar-refractivity contribution in [2.45, 2.75) is 44.7 Å². The van der Waals surface area contributed by atoms with Crippen molar-refractivity contribution in [3.05, 3.63) is 30.2 Å². The molecule has 3 aromatic heterocycles. The van der Waals surface area contributed by atoms with Gasteiger partial charge in [0.15, 0.2) is 24.7 Å². The standard InChI is InChI=1S/C19H22F3N7O4/c1-9(2)24-19(30)33-11-7-32-17(16(11)22)10-5-13(28-27-10)25-18-23-4-3-14-26-15(6-29(14)18)31-8-12(20)21/h3-6,9,11-12,16-17H,7-8H2,1-2H3,(H,24,30)(H2,23,25,27,28)/t11-,16-,17-/m1/s1. The zero-order valence-corrected chi connectivity index (χ0v) is 17.7. The van der Waals surface area contributed by atoms with E-state index in [2.05, 4.69) is 30.8 Å². The third-order valence-corrected chi connectivity index (χ3v) is 4.61. The van der Waals surface area contributed by atoms with Gasteiger partial charge in [-0.25, -0.2) is 22.9 Å². The van der Waals surface area contributed by atoms with Crippen molar-refractivity contribution < 1.29 is 32.2 Å². The second-order valence-electron chi connectivity index (χ2n) is 7.55. The van der Waals surface area contributed by atoms with Crippen LogP contribution in [0.5, 0.6) is 5.88 Å². The first-order chi connectivity index (χ1) is 15.8. The minimum absolute atomic E-state index is 0.0150. The van der Waals surface area contributed by atoms with Gasteiger partial charge in [-0.15, -0.1) is 0 Å². The maximum absolute atomic E-state index is 14.8. The first kappa shape index (κ1) is 22.6. The third-order valence-electron chi connectivity index (χ3n) is 4.61. The van der Waals surface area contributed by atoms with E-state index in [-0.39, 0.29) is 24.5 Å². The van der Waals surface area contributed by atoms with E-state index in [1.165, 1.54) is 22.9 Å². The van der Waals surface area contributed by atoms with Crippen LogP contribution in [0.1, 0.15) is 25.6 Å². The van der Waals surface area contributed by atoms with Crippen LogP contribution in [-0.4, -0.2) is 68.6 Å². The summed E-state index contributed by atoms with van der Waals surface area (Å²) in [7, 11) is 0. The molecule has 178 valence electrons. The van der Waals surface area contributed by atoms with Crippen LogP contribution in [-0.2, 0) is 9.47 Å². The molecule has 4 heterocycles. The summed E-state index contributed by atoms with van der Waals surface area (Å²) in [5.41, 5.74) is 0.745. The molecule has 1 aliphatic heterocycles. The van der Waals surface area contributed by atoms with Crippen LogP contribution >= 0.6 is 0 Å². The van der Waals surface area contributed by atoms with E-state index in [4.69, 9.17) is 14.2 Å². The third kappa shape index (κ3) is 5.27. The average Bonchev–Trinajstić information content (AvgIpc) is 3.45. The van der Waals surface area contributed by atoms with Crippen molar-refractivity contribution in [2.75, 3.05) is 18.5 Å². The normalized spacial score (nSPS) is 20.5. The lowest BCUT2D eigenvalue weighted by Crippen LogP contribution is -2.36. The van der Waals surface area contributed by atoms with Crippen molar-refractivity contribution in [1.82, 2.24) is 29.9 Å². The summed E-state index contributed by atoms with van der Waals surface area (Å²) in [6.45, 7) is 2.64. The molecule has 1 fully saturated rings. The number of carbonyl (C=O) groups is 1. The van der Waals surface area contributed by atoms with E-state index in [1.54, 1.807) is 19.9 Å². The van der Waals surface area contributed by atoms with Gasteiger partial charge in [0.25, 0.3) is 6.43 Å². The predicted molar refractivity (Wildman–Crippen MR) is 108 cm³/mol. The van der Waals surface area contributed by atoms with Crippen LogP contribution in [0.25, 0.3) is 5.65 Å². The summed E-state index contributed by atoms with van der Waals surface area (Å²) in [5, 5.41) is 12.3. The van der Waals surface area contributed by atoms with Gasteiger partial charge in [-0.3, -0.25) is 9.50 Å². The molecule has 0 aromatic carbocycles. The quantitative estimate of drug-likeness (QED) is 0.460. The van der Waals surface area contributed by atoms with E-state index < -0.39 is 37.5 Å². The minimum Gasteiger partial charge on any atom is -0.470 e. The monoisotopic (exact) mass is 469 g/mol. The van der Waals surface area contributed by atoms with Gasteiger partial charge < -0.3 is 24.8 Å². The molecular weight excluding hydrogens is 447 g/mol. The van der Waals surface area contributed by atoms with E-state index >= 15 is 0 Å². The van der Waals surface area contributed by atoms with Gasteiger partial charge in [0.05, 0.1) is 18.5 Å². The fourth-order valence-electron chi connectivity index (χ4n) is 3.21. The number of anilines is 2. The Morgan fingerprint density at radius 3 is 3.00 bits per heavy atom. The molecule has 33 heavy (non-hydrogen) atoms. The topological polar surface area (TPSA) is 128 Å². The molecule has 3 atom stereocenters. The number of ether oxygens (including phenoxy) is 3. The second-order valence-corrected chi connectivity index (χ2v) is 7.55. The first-order valence-corrected chi connectivity index (χ1v) is 10.1. The Morgan fingerprint density at radius 1 is 1.42 bits per heavy atom. The van der Waals surface area contributed by atoms with Gasteiger partial charge in [0.1, 0.15) is 11.8 Å². The van der Waals surface area contributed by atoms with Crippen LogP contribution < -0.4 is 15.4 Å². The lowest BCUT2D eigenvalue weighted by Gasteiger charge is -2.16. The van der Waals surface area contributed by atoms with Crippen LogP contribution in [0.3, 0.4) is 0 Å². The highest BCUT2D eigenvalue weighted by Crippen LogP contribution is 2.33. The number of nitrogens with zero attached hydrogens (tertiary/aromatic N) is 4. The number of fused-ring (bicyclic) bond motifs is 1. The maximum Gasteiger partial charge on any atom is 0.407 e. The zero-order chi connectivity index (χ0) is 23.5. The molecule has 1 amide bonds. The lowest BCUT2D eigenvalue weighted by atomic mass is 10.1. The average molecular weight is 469 g/mol. The Balaban J connectivity index is 1.43. The summed E-state index contributed by atoms with van der Waals surface area (Å²) in [5.74, 6) is 0.591. The zero-order valence-electron chi connectivity index (χ0n) is 17.7. The SMILES string of the molecule is CC(C)NC(=O)O[C@@H]1CO[C@H](c2cc(Nc3nccc4nc(OCC(F)F)cn34)n[nH]2)[C@@H]1F. The highest BCUT2D eigenvalue weighted by atomic mass is 19.3. The number of alkyl carbamates (subject to hydrolysis) is 1. The van der Waals surface area contributed by atoms with Crippen molar-refractivity contribution in [2.24, 2.45) is 0 Å². The predicted octanol–water partition coefficient (Wildman–Crippen LogP) is 2.75. The fourth-order valence-corrected chi connectivity index (χ4v) is 3.21. The van der Waals surface area contributed by atoms with E-state index in [1.807, 2.05) is 0 Å². The number of halogens is 3. The summed E-state index contributed by atoms with van der Waals surface area (Å²) in [4.78, 5) is 20.0. The summed E-state index contributed by atoms with van der Waals surface area (Å²) in [6, 6.07) is 2.96. The Bertz CT molecular complexity index is 1110. The van der Waals surface area contributed by atoms with Gasteiger partial charge in [0, 0.05) is 18.3 Å². The number of hydrogen-bond donors (Lipinski definition) is 3. The van der Waals surface area contributed by atoms with Crippen LogP contribution in [0, 0.1) is 0 Å². The number of hydrogen-bond acceptors (Lipinski definition) is 8. The maximum atomic E-state index is 14.8. The summed E-state index contributed by atoms with van der Waals surface area (Å²) < 4.78 is 56.6. The molecule has 0 unspecified atom stereocenters. The largest absolute Gasteiger partial charge is 0.470 e. The van der Waals surface area contributed by atoms with Crippen LogP contribution in [0.4, 0.5) is 29.7 Å². The van der Waals surface area contributed by atoms with Crippen molar-refractivity contribution >= 4 is 23.5 Å². The molecule has 0 spiro atoms. The van der Waals surface area contributed by atoms with Crippen molar-refractivity contribution in [3.63, 3.8) is 0 Å². The van der Waals surface area contributed by atoms with E-state index in [0.29, 0.717) is 17.2 Å². The Kier molecular flexibility index (Phi) is 6.53. The molecule has 0 saturated carbocycles. The molecule has 0 radical (unpaired) electrons. The number of alkyl halides is 3. The number of carbonyl (C=O) groups excluding carboxylic acids is 1. The fraction of sp³-hybridized carbons (Fsp3) is 0.474. The molecule has 3 aromatic rings. The summed E-state index contributed by atoms with van der Waals surface area (Å²) in [6.07, 6.45) is -4.12. The van der Waals surface area contributed by atoms with Gasteiger partial charge in [0.2, 0.25) is 11.8 Å². The molecule has 11 nitrogen and oxygen atoms in total. The molecule has 0 bridgehead atoms. The Morgan fingerprint density at radius 2 is 2.24 bits per heavy atom. The smallest absolute Gasteiger partial charge is 0.407 e. The van der Waals surface area contributed by atoms with Crippen molar-refractivity contribution in [1.29, 1.82) is 0 Å². The first-order valence-electron chi connectivity index (χ1n) is 10.1. The number of amides is 1. The second kappa shape index (κ2) is 9.52. The number of aromatic amines is 1. The molecule has 1 saturated heterocycles. The van der Waals surface area contributed by atoms with E-state index in [0.717, 1.165) is 0 Å². The van der Waals surface area contributed by atoms with Crippen molar-refractivity contribution in [3.8, 4) is 5.88 Å². The number of nitrogens with one attached hydrogen (secondary N) is 3. The minimum atomic E-state index is -2.63. The molecular formula is C19H22F3N7O4. The number of imidazole rings is 1. The van der Waals surface area contributed by atoms with Gasteiger partial charge in [-0.1, -0.05) is 0 Å². The molecule has 0 aliphatic carbocycles. The lowest BCUT2D eigenvalue weighted by molar-refractivity contribution is 0.0615. The van der Waals surface area contributed by atoms with Gasteiger partial charge >= 0.3 is 6.09 Å². The number of H-pyrrole nitrogens is 1.